The van der Waals surface area contributed by atoms with Crippen LogP contribution < -0.4 is 5.43 Å². The number of nitrogens with one attached hydrogen (secondary N) is 1. The van der Waals surface area contributed by atoms with Crippen molar-refractivity contribution >= 4 is 52.4 Å². The molecule has 8 heteroatoms. The summed E-state index contributed by atoms with van der Waals surface area (Å²) < 4.78 is 0. The van der Waals surface area contributed by atoms with Crippen LogP contribution in [0.5, 0.6) is 0 Å². The van der Waals surface area contributed by atoms with Crippen LogP contribution in [0.1, 0.15) is 5.56 Å². The number of nitro benzene ring substituents is 1. The molecule has 2 aromatic rings. The fourth-order valence-corrected chi connectivity index (χ4v) is 2.44. The first-order chi connectivity index (χ1) is 9.97. The molecule has 0 aliphatic carbocycles. The maximum atomic E-state index is 10.7. The Morgan fingerprint density at radius 2 is 1.81 bits per heavy atom. The number of nitrogens with zero attached hydrogens (tertiary/aromatic N) is 2. The minimum absolute atomic E-state index is 0.0125. The largest absolute Gasteiger partial charge is 0.275 e. The number of nitro groups is 1. The maximum absolute atomic E-state index is 10.7. The molecule has 0 aromatic heterocycles. The molecule has 0 amide bonds. The second-order valence-corrected chi connectivity index (χ2v) is 5.22. The van der Waals surface area contributed by atoms with E-state index in [2.05, 4.69) is 10.5 Å². The van der Waals surface area contributed by atoms with E-state index in [1.54, 1.807) is 12.1 Å². The summed E-state index contributed by atoms with van der Waals surface area (Å²) in [5.74, 6) is 0. The molecule has 0 saturated heterocycles. The van der Waals surface area contributed by atoms with Gasteiger partial charge in [0.2, 0.25) is 0 Å². The molecule has 0 saturated carbocycles. The van der Waals surface area contributed by atoms with Crippen LogP contribution >= 0.6 is 34.8 Å². The molecule has 1 N–H and O–H groups in total. The average Bonchev–Trinajstić information content (AvgIpc) is 2.42. The van der Waals surface area contributed by atoms with Crippen LogP contribution in [0.25, 0.3) is 0 Å². The van der Waals surface area contributed by atoms with Gasteiger partial charge in [-0.25, -0.2) is 0 Å². The first-order valence-corrected chi connectivity index (χ1v) is 6.79. The third kappa shape index (κ3) is 4.07. The zero-order chi connectivity index (χ0) is 15.4. The van der Waals surface area contributed by atoms with Gasteiger partial charge in [0.1, 0.15) is 0 Å². The lowest BCUT2D eigenvalue weighted by molar-refractivity contribution is -0.384. The number of hydrogen-bond donors (Lipinski definition) is 1. The van der Waals surface area contributed by atoms with E-state index >= 15 is 0 Å². The van der Waals surface area contributed by atoms with Gasteiger partial charge in [-0.05, 0) is 12.1 Å². The molecule has 0 heterocycles. The Hall–Kier alpha value is -1.82. The molecule has 0 unspecified atom stereocenters. The molecule has 5 nitrogen and oxygen atoms in total. The van der Waals surface area contributed by atoms with Crippen molar-refractivity contribution in [1.82, 2.24) is 0 Å². The molecular formula is C13H8Cl3N3O2. The molecule has 2 rings (SSSR count). The van der Waals surface area contributed by atoms with Crippen molar-refractivity contribution in [3.63, 3.8) is 0 Å². The van der Waals surface area contributed by atoms with Gasteiger partial charge >= 0.3 is 0 Å². The van der Waals surface area contributed by atoms with E-state index < -0.39 is 4.92 Å². The normalized spacial score (nSPS) is 10.8. The molecule has 0 aliphatic heterocycles. The van der Waals surface area contributed by atoms with Gasteiger partial charge in [0.25, 0.3) is 5.69 Å². The Kier molecular flexibility index (Phi) is 5.01. The van der Waals surface area contributed by atoms with Gasteiger partial charge in [-0.1, -0.05) is 46.9 Å². The summed E-state index contributed by atoms with van der Waals surface area (Å²) in [5, 5.41) is 15.7. The number of halogens is 3. The summed E-state index contributed by atoms with van der Waals surface area (Å²) in [6.45, 7) is 0. The van der Waals surface area contributed by atoms with Crippen molar-refractivity contribution in [2.75, 3.05) is 5.43 Å². The van der Waals surface area contributed by atoms with Crippen molar-refractivity contribution < 1.29 is 4.92 Å². The highest BCUT2D eigenvalue weighted by Gasteiger charge is 2.07. The van der Waals surface area contributed by atoms with Gasteiger partial charge in [0.05, 0.1) is 26.9 Å². The summed E-state index contributed by atoms with van der Waals surface area (Å²) in [4.78, 5) is 10.2. The van der Waals surface area contributed by atoms with Crippen LogP contribution in [-0.2, 0) is 0 Å². The van der Waals surface area contributed by atoms with Crippen LogP contribution in [0, 0.1) is 10.1 Å². The van der Waals surface area contributed by atoms with Gasteiger partial charge in [0.15, 0.2) is 0 Å². The minimum Gasteiger partial charge on any atom is -0.275 e. The van der Waals surface area contributed by atoms with E-state index in [9.17, 15) is 10.1 Å². The van der Waals surface area contributed by atoms with Gasteiger partial charge in [-0.2, -0.15) is 5.10 Å². The molecule has 0 bridgehead atoms. The van der Waals surface area contributed by atoms with Gasteiger partial charge in [0, 0.05) is 22.7 Å². The van der Waals surface area contributed by atoms with Gasteiger partial charge < -0.3 is 0 Å². The van der Waals surface area contributed by atoms with Crippen LogP contribution in [0.4, 0.5) is 11.4 Å². The maximum Gasteiger partial charge on any atom is 0.270 e. The van der Waals surface area contributed by atoms with Crippen molar-refractivity contribution in [3.8, 4) is 0 Å². The van der Waals surface area contributed by atoms with Gasteiger partial charge in [-0.3, -0.25) is 15.5 Å². The highest BCUT2D eigenvalue weighted by Crippen LogP contribution is 2.33. The molecular weight excluding hydrogens is 337 g/mol. The monoisotopic (exact) mass is 343 g/mol. The number of hydrazone groups is 1. The predicted octanol–water partition coefficient (Wildman–Crippen LogP) is 5.00. The number of rotatable bonds is 4. The van der Waals surface area contributed by atoms with E-state index in [4.69, 9.17) is 34.8 Å². The van der Waals surface area contributed by atoms with Crippen molar-refractivity contribution in [2.45, 2.75) is 0 Å². The summed E-state index contributed by atoms with van der Waals surface area (Å²) in [6, 6.07) is 9.11. The van der Waals surface area contributed by atoms with E-state index in [0.29, 0.717) is 26.3 Å². The SMILES string of the molecule is O=[N+]([O-])c1cccc(/C=N\Nc2c(Cl)cc(Cl)cc2Cl)c1. The summed E-state index contributed by atoms with van der Waals surface area (Å²) in [6.07, 6.45) is 1.42. The molecule has 0 radical (unpaired) electrons. The van der Waals surface area contributed by atoms with E-state index in [1.807, 2.05) is 0 Å². The number of benzene rings is 2. The Labute approximate surface area is 135 Å². The van der Waals surface area contributed by atoms with E-state index in [0.717, 1.165) is 0 Å². The second kappa shape index (κ2) is 6.76. The number of non-ortho nitro benzene ring substituents is 1. The Balaban J connectivity index is 2.16. The fraction of sp³-hybridized carbons (Fsp3) is 0. The fourth-order valence-electron chi connectivity index (χ4n) is 1.54. The molecule has 0 aliphatic rings. The average molecular weight is 345 g/mol. The van der Waals surface area contributed by atoms with Crippen LogP contribution in [0.3, 0.4) is 0 Å². The smallest absolute Gasteiger partial charge is 0.270 e. The summed E-state index contributed by atoms with van der Waals surface area (Å²) >= 11 is 17.8. The lowest BCUT2D eigenvalue weighted by atomic mass is 10.2. The Bertz CT molecular complexity index is 697. The molecule has 2 aromatic carbocycles. The standard InChI is InChI=1S/C13H8Cl3N3O2/c14-9-5-11(15)13(12(16)6-9)18-17-7-8-2-1-3-10(4-8)19(20)21/h1-7,18H/b17-7-. The third-order valence-corrected chi connectivity index (χ3v) is 3.29. The second-order valence-electron chi connectivity index (χ2n) is 3.97. The lowest BCUT2D eigenvalue weighted by Crippen LogP contribution is -1.94. The first-order valence-electron chi connectivity index (χ1n) is 5.65. The topological polar surface area (TPSA) is 67.5 Å². The van der Waals surface area contributed by atoms with Gasteiger partial charge in [-0.15, -0.1) is 0 Å². The van der Waals surface area contributed by atoms with Crippen molar-refractivity contribution in [1.29, 1.82) is 0 Å². The lowest BCUT2D eigenvalue weighted by Gasteiger charge is -2.06. The minimum atomic E-state index is -0.475. The number of anilines is 1. The van der Waals surface area contributed by atoms with Crippen molar-refractivity contribution in [3.05, 3.63) is 67.1 Å². The highest BCUT2D eigenvalue weighted by molar-refractivity contribution is 6.41. The highest BCUT2D eigenvalue weighted by atomic mass is 35.5. The Morgan fingerprint density at radius 1 is 1.14 bits per heavy atom. The van der Waals surface area contributed by atoms with E-state index in [-0.39, 0.29) is 5.69 Å². The third-order valence-electron chi connectivity index (χ3n) is 2.48. The molecule has 0 spiro atoms. The summed E-state index contributed by atoms with van der Waals surface area (Å²) in [5.41, 5.74) is 3.64. The molecule has 21 heavy (non-hydrogen) atoms. The Morgan fingerprint density at radius 3 is 2.43 bits per heavy atom. The molecule has 0 atom stereocenters. The first kappa shape index (κ1) is 15.6. The van der Waals surface area contributed by atoms with Crippen LogP contribution in [-0.4, -0.2) is 11.1 Å². The van der Waals surface area contributed by atoms with E-state index in [1.165, 1.54) is 30.5 Å². The molecule has 108 valence electrons. The summed E-state index contributed by atoms with van der Waals surface area (Å²) in [7, 11) is 0. The predicted molar refractivity (Wildman–Crippen MR) is 85.8 cm³/mol. The zero-order valence-corrected chi connectivity index (χ0v) is 12.7. The number of hydrogen-bond acceptors (Lipinski definition) is 4. The van der Waals surface area contributed by atoms with Crippen molar-refractivity contribution in [2.24, 2.45) is 5.10 Å². The quantitative estimate of drug-likeness (QED) is 0.482. The molecule has 0 fully saturated rings. The zero-order valence-electron chi connectivity index (χ0n) is 10.4. The van der Waals surface area contributed by atoms with Crippen LogP contribution in [0.15, 0.2) is 41.5 Å². The van der Waals surface area contributed by atoms with Crippen LogP contribution in [0.2, 0.25) is 15.1 Å².